The average molecular weight is 301 g/mol. The van der Waals surface area contributed by atoms with Crippen LogP contribution in [0.25, 0.3) is 21.9 Å². The highest BCUT2D eigenvalue weighted by molar-refractivity contribution is 6.10. The minimum atomic E-state index is -1.14. The van der Waals surface area contributed by atoms with Crippen LogP contribution in [0.1, 0.15) is 6.92 Å². The summed E-state index contributed by atoms with van der Waals surface area (Å²) in [6.07, 6.45) is -0.761. The third-order valence-corrected chi connectivity index (χ3v) is 3.02. The molecule has 0 bridgehead atoms. The van der Waals surface area contributed by atoms with Crippen LogP contribution in [0.5, 0.6) is 6.01 Å². The molecule has 1 aromatic carbocycles. The van der Waals surface area contributed by atoms with Crippen LogP contribution in [-0.4, -0.2) is 38.5 Å². The SMILES string of the molecule is CCOC(=O)Oc1ncc2c(n1)c1ccccc1n2C(=O)O. The summed E-state index contributed by atoms with van der Waals surface area (Å²) < 4.78 is 10.6. The van der Waals surface area contributed by atoms with Crippen molar-refractivity contribution in [2.75, 3.05) is 6.61 Å². The summed E-state index contributed by atoms with van der Waals surface area (Å²) in [7, 11) is 0. The Morgan fingerprint density at radius 3 is 2.77 bits per heavy atom. The second-order valence-electron chi connectivity index (χ2n) is 4.31. The van der Waals surface area contributed by atoms with Gasteiger partial charge in [-0.1, -0.05) is 18.2 Å². The largest absolute Gasteiger partial charge is 0.516 e. The number of carboxylic acid groups (broad SMARTS) is 1. The molecule has 8 heteroatoms. The molecule has 1 N–H and O–H groups in total. The number of carbonyl (C=O) groups excluding carboxylic acids is 1. The number of para-hydroxylation sites is 1. The van der Waals surface area contributed by atoms with Gasteiger partial charge < -0.3 is 14.6 Å². The van der Waals surface area contributed by atoms with E-state index in [4.69, 9.17) is 4.74 Å². The van der Waals surface area contributed by atoms with Crippen molar-refractivity contribution in [1.82, 2.24) is 14.5 Å². The molecule has 0 spiro atoms. The van der Waals surface area contributed by atoms with Gasteiger partial charge in [0.2, 0.25) is 0 Å². The van der Waals surface area contributed by atoms with Crippen LogP contribution < -0.4 is 4.74 Å². The van der Waals surface area contributed by atoms with E-state index < -0.39 is 12.2 Å². The lowest BCUT2D eigenvalue weighted by Gasteiger charge is -2.02. The third kappa shape index (κ3) is 2.20. The third-order valence-electron chi connectivity index (χ3n) is 3.02. The van der Waals surface area contributed by atoms with Crippen molar-refractivity contribution in [3.05, 3.63) is 30.5 Å². The van der Waals surface area contributed by atoms with E-state index in [1.807, 2.05) is 0 Å². The second-order valence-corrected chi connectivity index (χ2v) is 4.31. The zero-order valence-corrected chi connectivity index (χ0v) is 11.5. The summed E-state index contributed by atoms with van der Waals surface area (Å²) in [5.41, 5.74) is 1.17. The highest BCUT2D eigenvalue weighted by Gasteiger charge is 2.18. The fourth-order valence-corrected chi connectivity index (χ4v) is 2.20. The van der Waals surface area contributed by atoms with Gasteiger partial charge in [0.25, 0.3) is 0 Å². The van der Waals surface area contributed by atoms with Gasteiger partial charge >= 0.3 is 18.3 Å². The Hall–Kier alpha value is -3.16. The number of hydrogen-bond donors (Lipinski definition) is 1. The van der Waals surface area contributed by atoms with Crippen LogP contribution in [-0.2, 0) is 4.74 Å². The second kappa shape index (κ2) is 5.32. The molecule has 22 heavy (non-hydrogen) atoms. The minimum absolute atomic E-state index is 0.166. The smallest absolute Gasteiger partial charge is 0.464 e. The number of carbonyl (C=O) groups is 2. The van der Waals surface area contributed by atoms with Crippen molar-refractivity contribution in [3.8, 4) is 6.01 Å². The molecular formula is C14H11N3O5. The molecular weight excluding hydrogens is 290 g/mol. The average Bonchev–Trinajstić information content (AvgIpc) is 2.81. The first-order valence-electron chi connectivity index (χ1n) is 6.46. The quantitative estimate of drug-likeness (QED) is 0.725. The number of rotatable bonds is 2. The molecule has 112 valence electrons. The molecule has 2 heterocycles. The van der Waals surface area contributed by atoms with E-state index in [9.17, 15) is 14.7 Å². The first kappa shape index (κ1) is 13.8. The van der Waals surface area contributed by atoms with Crippen LogP contribution in [0.4, 0.5) is 9.59 Å². The van der Waals surface area contributed by atoms with Crippen molar-refractivity contribution in [1.29, 1.82) is 0 Å². The van der Waals surface area contributed by atoms with Crippen molar-refractivity contribution < 1.29 is 24.2 Å². The van der Waals surface area contributed by atoms with Gasteiger partial charge in [0.1, 0.15) is 5.52 Å². The fourth-order valence-electron chi connectivity index (χ4n) is 2.20. The fraction of sp³-hybridized carbons (Fsp3) is 0.143. The summed E-state index contributed by atoms with van der Waals surface area (Å²) >= 11 is 0. The van der Waals surface area contributed by atoms with E-state index >= 15 is 0 Å². The Kier molecular flexibility index (Phi) is 3.34. The van der Waals surface area contributed by atoms with Gasteiger partial charge in [0, 0.05) is 5.39 Å². The topological polar surface area (TPSA) is 104 Å². The lowest BCUT2D eigenvalue weighted by Crippen LogP contribution is -2.12. The highest BCUT2D eigenvalue weighted by atomic mass is 16.7. The predicted octanol–water partition coefficient (Wildman–Crippen LogP) is 2.65. The number of benzene rings is 1. The molecule has 0 saturated carbocycles. The molecule has 0 aliphatic carbocycles. The number of nitrogens with zero attached hydrogens (tertiary/aromatic N) is 3. The van der Waals surface area contributed by atoms with Crippen LogP contribution in [0.2, 0.25) is 0 Å². The number of hydrogen-bond acceptors (Lipinski definition) is 6. The standard InChI is InChI=1S/C14H11N3O5/c1-2-21-14(20)22-12-15-7-10-11(16-12)8-5-3-4-6-9(8)17(10)13(18)19/h3-7H,2H2,1H3,(H,18,19). The van der Waals surface area contributed by atoms with Crippen LogP contribution in [0, 0.1) is 0 Å². The first-order valence-corrected chi connectivity index (χ1v) is 6.46. The highest BCUT2D eigenvalue weighted by Crippen LogP contribution is 2.27. The van der Waals surface area contributed by atoms with E-state index in [0.29, 0.717) is 21.9 Å². The Morgan fingerprint density at radius 2 is 2.05 bits per heavy atom. The normalized spacial score (nSPS) is 10.8. The van der Waals surface area contributed by atoms with E-state index in [1.54, 1.807) is 31.2 Å². The predicted molar refractivity (Wildman–Crippen MR) is 76.1 cm³/mol. The maximum absolute atomic E-state index is 11.4. The molecule has 0 radical (unpaired) electrons. The number of fused-ring (bicyclic) bond motifs is 3. The molecule has 3 aromatic rings. The zero-order chi connectivity index (χ0) is 15.7. The monoisotopic (exact) mass is 301 g/mol. The molecule has 8 nitrogen and oxygen atoms in total. The van der Waals surface area contributed by atoms with Gasteiger partial charge in [0.15, 0.2) is 0 Å². The van der Waals surface area contributed by atoms with Gasteiger partial charge in [0.05, 0.1) is 23.8 Å². The van der Waals surface area contributed by atoms with Gasteiger partial charge in [-0.2, -0.15) is 4.98 Å². The Balaban J connectivity index is 2.18. The van der Waals surface area contributed by atoms with Crippen molar-refractivity contribution >= 4 is 34.2 Å². The molecule has 0 aliphatic rings. The molecule has 0 aliphatic heterocycles. The van der Waals surface area contributed by atoms with E-state index in [1.165, 1.54) is 6.20 Å². The molecule has 0 atom stereocenters. The maximum atomic E-state index is 11.4. The lowest BCUT2D eigenvalue weighted by atomic mass is 10.2. The molecule has 0 amide bonds. The summed E-state index contributed by atoms with van der Waals surface area (Å²) in [6.45, 7) is 1.81. The summed E-state index contributed by atoms with van der Waals surface area (Å²) in [6, 6.07) is 6.70. The lowest BCUT2D eigenvalue weighted by molar-refractivity contribution is 0.101. The number of ether oxygens (including phenoxy) is 2. The van der Waals surface area contributed by atoms with Gasteiger partial charge in [-0.25, -0.2) is 19.1 Å². The van der Waals surface area contributed by atoms with Crippen molar-refractivity contribution in [2.45, 2.75) is 6.92 Å². The Bertz CT molecular complexity index is 887. The van der Waals surface area contributed by atoms with Gasteiger partial charge in [-0.3, -0.25) is 0 Å². The van der Waals surface area contributed by atoms with Gasteiger partial charge in [-0.15, -0.1) is 0 Å². The maximum Gasteiger partial charge on any atom is 0.516 e. The molecule has 3 rings (SSSR count). The van der Waals surface area contributed by atoms with Crippen LogP contribution >= 0.6 is 0 Å². The molecule has 0 unspecified atom stereocenters. The van der Waals surface area contributed by atoms with Gasteiger partial charge in [-0.05, 0) is 13.0 Å². The van der Waals surface area contributed by atoms with Crippen LogP contribution in [0.3, 0.4) is 0 Å². The Morgan fingerprint density at radius 1 is 1.27 bits per heavy atom. The summed E-state index contributed by atoms with van der Waals surface area (Å²) in [5, 5.41) is 9.98. The molecule has 0 saturated heterocycles. The molecule has 2 aromatic heterocycles. The number of aromatic nitrogens is 3. The van der Waals surface area contributed by atoms with E-state index in [2.05, 4.69) is 14.7 Å². The first-order chi connectivity index (χ1) is 10.6. The van der Waals surface area contributed by atoms with Crippen molar-refractivity contribution in [3.63, 3.8) is 0 Å². The van der Waals surface area contributed by atoms with E-state index in [-0.39, 0.29) is 12.6 Å². The van der Waals surface area contributed by atoms with Crippen LogP contribution in [0.15, 0.2) is 30.5 Å². The summed E-state index contributed by atoms with van der Waals surface area (Å²) in [5.74, 6) is 0. The summed E-state index contributed by atoms with van der Waals surface area (Å²) in [4.78, 5) is 30.7. The Labute approximate surface area is 123 Å². The minimum Gasteiger partial charge on any atom is -0.464 e. The molecule has 0 fully saturated rings. The van der Waals surface area contributed by atoms with E-state index in [0.717, 1.165) is 4.57 Å². The van der Waals surface area contributed by atoms with Crippen molar-refractivity contribution in [2.24, 2.45) is 0 Å². The zero-order valence-electron chi connectivity index (χ0n) is 11.5.